The number of likely N-dealkylation sites (N-methyl/N-ethyl adjacent to an activating group) is 1. The summed E-state index contributed by atoms with van der Waals surface area (Å²) in [5.74, 6) is -0.501. The van der Waals surface area contributed by atoms with Crippen molar-refractivity contribution in [3.05, 3.63) is 28.0 Å². The minimum absolute atomic E-state index is 0.156. The highest BCUT2D eigenvalue weighted by Crippen LogP contribution is 2.14. The third-order valence-corrected chi connectivity index (χ3v) is 3.15. The molecule has 1 unspecified atom stereocenters. The second-order valence-electron chi connectivity index (χ2n) is 4.36. The molecule has 98 valence electrons. The molecule has 0 radical (unpaired) electrons. The first-order valence-corrected chi connectivity index (χ1v) is 6.07. The van der Waals surface area contributed by atoms with Crippen molar-refractivity contribution in [1.82, 2.24) is 15.2 Å². The molecule has 0 bridgehead atoms. The number of aromatic nitrogens is 1. The van der Waals surface area contributed by atoms with Crippen molar-refractivity contribution in [1.29, 1.82) is 0 Å². The molecule has 2 heterocycles. The highest BCUT2D eigenvalue weighted by molar-refractivity contribution is 5.94. The molecule has 1 aromatic rings. The minimum atomic E-state index is -0.473. The van der Waals surface area contributed by atoms with Gasteiger partial charge >= 0.3 is 0 Å². The normalized spacial score (nSPS) is 18.8. The maximum atomic E-state index is 12.3. The largest absolute Gasteiger partial charge is 0.494 e. The Morgan fingerprint density at radius 1 is 1.56 bits per heavy atom. The maximum Gasteiger partial charge on any atom is 0.254 e. The predicted molar refractivity (Wildman–Crippen MR) is 66.7 cm³/mol. The number of rotatable bonds is 3. The summed E-state index contributed by atoms with van der Waals surface area (Å²) in [6.07, 6.45) is 0.911. The average Bonchev–Trinajstić information content (AvgIpc) is 2.82. The Kier molecular flexibility index (Phi) is 3.66. The number of H-pyrrole nitrogens is 1. The topological polar surface area (TPSA) is 85.4 Å². The fraction of sp³-hybridized carbons (Fsp3) is 0.500. The van der Waals surface area contributed by atoms with E-state index in [0.717, 1.165) is 19.5 Å². The quantitative estimate of drug-likeness (QED) is 0.700. The Bertz CT molecular complexity index is 492. The molecule has 6 nitrogen and oxygen atoms in total. The molecule has 1 aliphatic rings. The molecule has 2 rings (SSSR count). The molecule has 0 saturated carbocycles. The van der Waals surface area contributed by atoms with E-state index in [4.69, 9.17) is 0 Å². The van der Waals surface area contributed by atoms with Crippen molar-refractivity contribution in [2.75, 3.05) is 19.6 Å². The number of hydrogen-bond acceptors (Lipinski definition) is 4. The molecule has 18 heavy (non-hydrogen) atoms. The summed E-state index contributed by atoms with van der Waals surface area (Å²) in [4.78, 5) is 27.5. The highest BCUT2D eigenvalue weighted by Gasteiger charge is 2.26. The Labute approximate surface area is 105 Å². The highest BCUT2D eigenvalue weighted by atomic mass is 16.3. The third-order valence-electron chi connectivity index (χ3n) is 3.15. The van der Waals surface area contributed by atoms with Crippen LogP contribution in [0.3, 0.4) is 0 Å². The summed E-state index contributed by atoms with van der Waals surface area (Å²) in [6, 6.07) is 2.66. The van der Waals surface area contributed by atoms with Gasteiger partial charge in [0.15, 0.2) is 5.88 Å². The van der Waals surface area contributed by atoms with Gasteiger partial charge in [-0.25, -0.2) is 0 Å². The number of nitrogens with one attached hydrogen (secondary N) is 2. The van der Waals surface area contributed by atoms with E-state index in [1.54, 1.807) is 4.90 Å². The summed E-state index contributed by atoms with van der Waals surface area (Å²) < 4.78 is 0. The van der Waals surface area contributed by atoms with Gasteiger partial charge in [-0.05, 0) is 19.9 Å². The van der Waals surface area contributed by atoms with Crippen LogP contribution in [-0.2, 0) is 0 Å². The van der Waals surface area contributed by atoms with Gasteiger partial charge in [-0.15, -0.1) is 0 Å². The smallest absolute Gasteiger partial charge is 0.254 e. The lowest BCUT2D eigenvalue weighted by Gasteiger charge is -2.27. The van der Waals surface area contributed by atoms with Crippen molar-refractivity contribution in [3.8, 4) is 5.88 Å². The summed E-state index contributed by atoms with van der Waals surface area (Å²) in [5.41, 5.74) is -0.246. The second kappa shape index (κ2) is 5.22. The predicted octanol–water partition coefficient (Wildman–Crippen LogP) is -0.0955. The van der Waals surface area contributed by atoms with Crippen LogP contribution in [0.15, 0.2) is 16.9 Å². The molecule has 1 amide bonds. The number of aromatic amines is 1. The lowest BCUT2D eigenvalue weighted by molar-refractivity contribution is 0.0703. The number of pyridine rings is 1. The Balaban J connectivity index is 2.25. The molecule has 3 N–H and O–H groups in total. The van der Waals surface area contributed by atoms with E-state index >= 15 is 0 Å². The van der Waals surface area contributed by atoms with Crippen molar-refractivity contribution in [2.45, 2.75) is 19.4 Å². The zero-order valence-electron chi connectivity index (χ0n) is 10.3. The van der Waals surface area contributed by atoms with E-state index in [2.05, 4.69) is 10.3 Å². The first-order chi connectivity index (χ1) is 8.61. The molecular formula is C12H17N3O3. The van der Waals surface area contributed by atoms with Gasteiger partial charge in [0, 0.05) is 31.3 Å². The van der Waals surface area contributed by atoms with Gasteiger partial charge < -0.3 is 15.3 Å². The van der Waals surface area contributed by atoms with E-state index in [1.165, 1.54) is 12.1 Å². The lowest BCUT2D eigenvalue weighted by atomic mass is 10.1. The van der Waals surface area contributed by atoms with Crippen LogP contribution in [0.1, 0.15) is 23.7 Å². The van der Waals surface area contributed by atoms with Crippen LogP contribution in [0.2, 0.25) is 0 Å². The molecule has 1 aromatic heterocycles. The standard InChI is InChI=1S/C12H17N3O3/c1-2-15(9-3-4-13-7-9)12(18)8-5-10(16)14-11(17)6-8/h5-6,9,13H,2-4,7H2,1H3,(H2,14,16,17). The number of carbonyl (C=O) groups is 1. The zero-order chi connectivity index (χ0) is 13.1. The Morgan fingerprint density at radius 2 is 2.33 bits per heavy atom. The van der Waals surface area contributed by atoms with Gasteiger partial charge in [-0.3, -0.25) is 14.6 Å². The van der Waals surface area contributed by atoms with Crippen LogP contribution < -0.4 is 10.9 Å². The van der Waals surface area contributed by atoms with E-state index in [0.29, 0.717) is 6.54 Å². The molecule has 1 fully saturated rings. The molecule has 0 aromatic carbocycles. The fourth-order valence-corrected chi connectivity index (χ4v) is 2.29. The van der Waals surface area contributed by atoms with E-state index in [-0.39, 0.29) is 23.4 Å². The van der Waals surface area contributed by atoms with Crippen LogP contribution >= 0.6 is 0 Å². The van der Waals surface area contributed by atoms with Gasteiger partial charge in [0.05, 0.1) is 5.56 Å². The van der Waals surface area contributed by atoms with Crippen LogP contribution in [0.5, 0.6) is 5.88 Å². The molecule has 0 spiro atoms. The SMILES string of the molecule is CCN(C(=O)c1cc(O)[nH]c(=O)c1)C1CCNC1. The van der Waals surface area contributed by atoms with Gasteiger partial charge in [-0.2, -0.15) is 0 Å². The first-order valence-electron chi connectivity index (χ1n) is 6.07. The van der Waals surface area contributed by atoms with Crippen molar-refractivity contribution in [3.63, 3.8) is 0 Å². The van der Waals surface area contributed by atoms with Crippen LogP contribution in [-0.4, -0.2) is 46.6 Å². The van der Waals surface area contributed by atoms with Crippen LogP contribution in [0, 0.1) is 0 Å². The van der Waals surface area contributed by atoms with Gasteiger partial charge in [0.1, 0.15) is 0 Å². The molecule has 0 aliphatic carbocycles. The Hall–Kier alpha value is -1.82. The molecule has 6 heteroatoms. The van der Waals surface area contributed by atoms with E-state index in [9.17, 15) is 14.7 Å². The third kappa shape index (κ3) is 2.53. The summed E-state index contributed by atoms with van der Waals surface area (Å²) in [6.45, 7) is 4.16. The molecule has 1 aliphatic heterocycles. The molecular weight excluding hydrogens is 234 g/mol. The average molecular weight is 251 g/mol. The molecule has 1 saturated heterocycles. The number of aromatic hydroxyl groups is 1. The van der Waals surface area contributed by atoms with Gasteiger partial charge in [0.25, 0.3) is 11.5 Å². The van der Waals surface area contributed by atoms with Crippen LogP contribution in [0.4, 0.5) is 0 Å². The van der Waals surface area contributed by atoms with Gasteiger partial charge in [0.2, 0.25) is 0 Å². The van der Waals surface area contributed by atoms with E-state index in [1.807, 2.05) is 6.92 Å². The van der Waals surface area contributed by atoms with Crippen molar-refractivity contribution in [2.24, 2.45) is 0 Å². The van der Waals surface area contributed by atoms with Crippen LogP contribution in [0.25, 0.3) is 0 Å². The second-order valence-corrected chi connectivity index (χ2v) is 4.36. The number of amides is 1. The lowest BCUT2D eigenvalue weighted by Crippen LogP contribution is -2.41. The number of hydrogen-bond donors (Lipinski definition) is 3. The molecule has 1 atom stereocenters. The minimum Gasteiger partial charge on any atom is -0.494 e. The summed E-state index contributed by atoms with van der Waals surface area (Å²) in [7, 11) is 0. The first kappa shape index (κ1) is 12.6. The monoisotopic (exact) mass is 251 g/mol. The maximum absolute atomic E-state index is 12.3. The van der Waals surface area contributed by atoms with Gasteiger partial charge in [-0.1, -0.05) is 0 Å². The summed E-state index contributed by atoms with van der Waals surface area (Å²) >= 11 is 0. The van der Waals surface area contributed by atoms with Crippen molar-refractivity contribution < 1.29 is 9.90 Å². The number of nitrogens with zero attached hydrogens (tertiary/aromatic N) is 1. The fourth-order valence-electron chi connectivity index (χ4n) is 2.29. The van der Waals surface area contributed by atoms with E-state index < -0.39 is 5.56 Å². The Morgan fingerprint density at radius 3 is 2.89 bits per heavy atom. The number of carbonyl (C=O) groups excluding carboxylic acids is 1. The zero-order valence-corrected chi connectivity index (χ0v) is 10.3. The van der Waals surface area contributed by atoms with Crippen molar-refractivity contribution >= 4 is 5.91 Å². The summed E-state index contributed by atoms with van der Waals surface area (Å²) in [5, 5.41) is 12.5.